The molecule has 2 amide bonds. The van der Waals surface area contributed by atoms with Crippen LogP contribution in [0, 0.1) is 5.41 Å². The van der Waals surface area contributed by atoms with Gasteiger partial charge in [-0.1, -0.05) is 33.8 Å². The van der Waals surface area contributed by atoms with Gasteiger partial charge in [-0.2, -0.15) is 0 Å². The first-order valence-corrected chi connectivity index (χ1v) is 8.52. The van der Waals surface area contributed by atoms with Crippen molar-refractivity contribution in [2.75, 3.05) is 14.1 Å². The van der Waals surface area contributed by atoms with Crippen LogP contribution in [0.15, 0.2) is 11.6 Å². The van der Waals surface area contributed by atoms with E-state index < -0.39 is 23.5 Å². The molecule has 0 fully saturated rings. The van der Waals surface area contributed by atoms with E-state index in [-0.39, 0.29) is 23.4 Å². The number of nitrogens with one attached hydrogen (secondary N) is 2. The summed E-state index contributed by atoms with van der Waals surface area (Å²) in [6, 6.07) is -1.49. The van der Waals surface area contributed by atoms with Gasteiger partial charge in [0.1, 0.15) is 6.04 Å². The minimum atomic E-state index is -1.02. The molecule has 144 valence electrons. The molecule has 0 aromatic rings. The highest BCUT2D eigenvalue weighted by atomic mass is 16.4. The standard InChI is InChI=1S/C18H33N3O4/c1-9-13(19-7)15(22)20-14(18(4,5)6)16(23)21(8)12(3)10-11(2)17(24)25/h10,12-14,19H,9H2,1-8H3,(H,20,22)(H,24,25)/b11-10+/t12-,13?,14+/m0/s1. The van der Waals surface area contributed by atoms with E-state index in [4.69, 9.17) is 5.11 Å². The van der Waals surface area contributed by atoms with Crippen molar-refractivity contribution >= 4 is 17.8 Å². The highest BCUT2D eigenvalue weighted by molar-refractivity contribution is 5.90. The minimum Gasteiger partial charge on any atom is -0.478 e. The summed E-state index contributed by atoms with van der Waals surface area (Å²) >= 11 is 0. The Labute approximate surface area is 150 Å². The van der Waals surface area contributed by atoms with Gasteiger partial charge in [0.2, 0.25) is 11.8 Å². The molecule has 0 saturated heterocycles. The average molecular weight is 355 g/mol. The summed E-state index contributed by atoms with van der Waals surface area (Å²) in [5.41, 5.74) is -0.317. The van der Waals surface area contributed by atoms with Crippen LogP contribution in [0.25, 0.3) is 0 Å². The molecule has 1 unspecified atom stereocenters. The minimum absolute atomic E-state index is 0.171. The van der Waals surface area contributed by atoms with Gasteiger partial charge in [-0.3, -0.25) is 9.59 Å². The second kappa shape index (κ2) is 9.56. The largest absolute Gasteiger partial charge is 0.478 e. The molecule has 3 atom stereocenters. The first kappa shape index (κ1) is 23.1. The van der Waals surface area contributed by atoms with Gasteiger partial charge in [0.05, 0.1) is 6.04 Å². The van der Waals surface area contributed by atoms with Gasteiger partial charge < -0.3 is 20.6 Å². The summed E-state index contributed by atoms with van der Waals surface area (Å²) in [5.74, 6) is -1.50. The van der Waals surface area contributed by atoms with E-state index in [1.807, 2.05) is 27.7 Å². The molecule has 0 aliphatic heterocycles. The van der Waals surface area contributed by atoms with Crippen LogP contribution < -0.4 is 10.6 Å². The summed E-state index contributed by atoms with van der Waals surface area (Å²) in [5, 5.41) is 14.8. The molecule has 25 heavy (non-hydrogen) atoms. The van der Waals surface area contributed by atoms with Crippen molar-refractivity contribution in [3.63, 3.8) is 0 Å². The summed E-state index contributed by atoms with van der Waals surface area (Å²) < 4.78 is 0. The van der Waals surface area contributed by atoms with Crippen molar-refractivity contribution in [3.8, 4) is 0 Å². The summed E-state index contributed by atoms with van der Waals surface area (Å²) in [6.07, 6.45) is 2.13. The second-order valence-electron chi connectivity index (χ2n) is 7.40. The third-order valence-corrected chi connectivity index (χ3v) is 4.26. The number of nitrogens with zero attached hydrogens (tertiary/aromatic N) is 1. The lowest BCUT2D eigenvalue weighted by Crippen LogP contribution is -2.58. The fraction of sp³-hybridized carbons (Fsp3) is 0.722. The molecule has 3 N–H and O–H groups in total. The quantitative estimate of drug-likeness (QED) is 0.572. The number of carboxylic acids is 1. The maximum Gasteiger partial charge on any atom is 0.331 e. The predicted molar refractivity (Wildman–Crippen MR) is 98.1 cm³/mol. The van der Waals surface area contributed by atoms with Crippen molar-refractivity contribution in [2.45, 2.75) is 66.1 Å². The van der Waals surface area contributed by atoms with Gasteiger partial charge in [-0.25, -0.2) is 4.79 Å². The van der Waals surface area contributed by atoms with Gasteiger partial charge in [-0.05, 0) is 32.7 Å². The Kier molecular flexibility index (Phi) is 8.83. The highest BCUT2D eigenvalue weighted by Gasteiger charge is 2.36. The number of hydrogen-bond donors (Lipinski definition) is 3. The van der Waals surface area contributed by atoms with E-state index in [1.165, 1.54) is 17.9 Å². The lowest BCUT2D eigenvalue weighted by molar-refractivity contribution is -0.139. The number of rotatable bonds is 8. The molecule has 0 spiro atoms. The van der Waals surface area contributed by atoms with Gasteiger partial charge in [0, 0.05) is 18.7 Å². The van der Waals surface area contributed by atoms with Gasteiger partial charge in [-0.15, -0.1) is 0 Å². The number of amides is 2. The van der Waals surface area contributed by atoms with Gasteiger partial charge >= 0.3 is 5.97 Å². The zero-order valence-corrected chi connectivity index (χ0v) is 16.6. The van der Waals surface area contributed by atoms with Crippen LogP contribution in [-0.2, 0) is 14.4 Å². The van der Waals surface area contributed by atoms with Crippen LogP contribution in [0.4, 0.5) is 0 Å². The molecular formula is C18H33N3O4. The molecule has 0 aromatic carbocycles. The van der Waals surface area contributed by atoms with Crippen molar-refractivity contribution in [3.05, 3.63) is 11.6 Å². The monoisotopic (exact) mass is 355 g/mol. The molecule has 0 heterocycles. The van der Waals surface area contributed by atoms with Crippen molar-refractivity contribution in [1.82, 2.24) is 15.5 Å². The first-order chi connectivity index (χ1) is 11.4. The van der Waals surface area contributed by atoms with Crippen molar-refractivity contribution in [1.29, 1.82) is 0 Å². The Morgan fingerprint density at radius 1 is 1.24 bits per heavy atom. The summed E-state index contributed by atoms with van der Waals surface area (Å²) in [7, 11) is 3.31. The smallest absolute Gasteiger partial charge is 0.331 e. The second-order valence-corrected chi connectivity index (χ2v) is 7.40. The Morgan fingerprint density at radius 2 is 1.76 bits per heavy atom. The van der Waals surface area contributed by atoms with Crippen LogP contribution in [0.3, 0.4) is 0 Å². The topological polar surface area (TPSA) is 98.7 Å². The molecule has 0 aromatic heterocycles. The third-order valence-electron chi connectivity index (χ3n) is 4.26. The molecule has 0 radical (unpaired) electrons. The normalized spacial score (nSPS) is 15.9. The summed E-state index contributed by atoms with van der Waals surface area (Å²) in [6.45, 7) is 10.8. The Morgan fingerprint density at radius 3 is 2.12 bits per heavy atom. The molecule has 0 bridgehead atoms. The van der Waals surface area contributed by atoms with E-state index in [9.17, 15) is 14.4 Å². The fourth-order valence-electron chi connectivity index (χ4n) is 2.36. The molecule has 0 aliphatic carbocycles. The SMILES string of the molecule is CCC(NC)C(=O)N[C@H](C(=O)N(C)[C@@H](C)/C=C(\C)C(=O)O)C(C)(C)C. The average Bonchev–Trinajstić information content (AvgIpc) is 2.50. The fourth-order valence-corrected chi connectivity index (χ4v) is 2.36. The number of likely N-dealkylation sites (N-methyl/N-ethyl adjacent to an activating group) is 2. The zero-order valence-electron chi connectivity index (χ0n) is 16.6. The van der Waals surface area contributed by atoms with E-state index in [0.717, 1.165) is 0 Å². The van der Waals surface area contributed by atoms with E-state index >= 15 is 0 Å². The number of hydrogen-bond acceptors (Lipinski definition) is 4. The lowest BCUT2D eigenvalue weighted by atomic mass is 9.85. The van der Waals surface area contributed by atoms with E-state index in [0.29, 0.717) is 6.42 Å². The Hall–Kier alpha value is -1.89. The molecule has 0 rings (SSSR count). The zero-order chi connectivity index (χ0) is 19.9. The third kappa shape index (κ3) is 6.86. The first-order valence-electron chi connectivity index (χ1n) is 8.52. The summed E-state index contributed by atoms with van der Waals surface area (Å²) in [4.78, 5) is 37.8. The molecule has 0 saturated carbocycles. The van der Waals surface area contributed by atoms with Crippen LogP contribution in [0.5, 0.6) is 0 Å². The van der Waals surface area contributed by atoms with Crippen LogP contribution >= 0.6 is 0 Å². The number of carbonyl (C=O) groups excluding carboxylic acids is 2. The number of carbonyl (C=O) groups is 3. The lowest BCUT2D eigenvalue weighted by Gasteiger charge is -2.36. The van der Waals surface area contributed by atoms with Gasteiger partial charge in [0.25, 0.3) is 0 Å². The number of carboxylic acid groups (broad SMARTS) is 1. The molecule has 0 aliphatic rings. The Balaban J connectivity index is 5.41. The van der Waals surface area contributed by atoms with Gasteiger partial charge in [0.15, 0.2) is 0 Å². The van der Waals surface area contributed by atoms with Crippen LogP contribution in [0.2, 0.25) is 0 Å². The van der Waals surface area contributed by atoms with Crippen molar-refractivity contribution < 1.29 is 19.5 Å². The highest BCUT2D eigenvalue weighted by Crippen LogP contribution is 2.22. The number of aliphatic carboxylic acids is 1. The van der Waals surface area contributed by atoms with E-state index in [1.54, 1.807) is 21.0 Å². The van der Waals surface area contributed by atoms with Crippen LogP contribution in [-0.4, -0.2) is 60.0 Å². The van der Waals surface area contributed by atoms with Crippen LogP contribution in [0.1, 0.15) is 48.0 Å². The molecular weight excluding hydrogens is 322 g/mol. The van der Waals surface area contributed by atoms with Crippen molar-refractivity contribution in [2.24, 2.45) is 5.41 Å². The van der Waals surface area contributed by atoms with E-state index in [2.05, 4.69) is 10.6 Å². The maximum absolute atomic E-state index is 12.9. The molecule has 7 nitrogen and oxygen atoms in total. The maximum atomic E-state index is 12.9. The molecule has 7 heteroatoms. The predicted octanol–water partition coefficient (Wildman–Crippen LogP) is 1.39. The Bertz CT molecular complexity index is 519.